The summed E-state index contributed by atoms with van der Waals surface area (Å²) in [5, 5.41) is 1.80. The zero-order valence-corrected chi connectivity index (χ0v) is 17.6. The van der Waals surface area contributed by atoms with Crippen molar-refractivity contribution < 1.29 is 4.79 Å². The van der Waals surface area contributed by atoms with Gasteiger partial charge < -0.3 is 0 Å². The van der Waals surface area contributed by atoms with E-state index in [1.165, 1.54) is 0 Å². The molecule has 140 valence electrons. The fourth-order valence-corrected chi connectivity index (χ4v) is 3.70. The zero-order chi connectivity index (χ0) is 19.6. The van der Waals surface area contributed by atoms with Crippen LogP contribution in [0.25, 0.3) is 12.2 Å². The zero-order valence-electron chi connectivity index (χ0n) is 14.6. The molecule has 0 aliphatic carbocycles. The van der Waals surface area contributed by atoms with Crippen LogP contribution in [-0.4, -0.2) is 30.3 Å². The number of likely N-dealkylation sites (tertiary alicyclic amines) is 1. The molecular weight excluding hydrogens is 424 g/mol. The van der Waals surface area contributed by atoms with Gasteiger partial charge in [-0.05, 0) is 42.0 Å². The Hall–Kier alpha value is -1.29. The predicted octanol–water partition coefficient (Wildman–Crippen LogP) is 6.67. The highest BCUT2D eigenvalue weighted by molar-refractivity contribution is 6.43. The number of ketones is 1. The van der Waals surface area contributed by atoms with Gasteiger partial charge in [0.25, 0.3) is 0 Å². The van der Waals surface area contributed by atoms with E-state index in [2.05, 4.69) is 11.8 Å². The summed E-state index contributed by atoms with van der Waals surface area (Å²) in [7, 11) is 0. The molecule has 0 unspecified atom stereocenters. The maximum atomic E-state index is 13.1. The Balaban J connectivity index is 2.03. The van der Waals surface area contributed by atoms with Crippen LogP contribution in [-0.2, 0) is 4.79 Å². The number of carbonyl (C=O) groups excluding carboxylic acids is 1. The first-order chi connectivity index (χ1) is 12.9. The minimum atomic E-state index is -0.0215. The Kier molecular flexibility index (Phi) is 6.67. The van der Waals surface area contributed by atoms with Crippen LogP contribution in [0.2, 0.25) is 20.1 Å². The van der Waals surface area contributed by atoms with E-state index in [0.29, 0.717) is 44.3 Å². The first-order valence-corrected chi connectivity index (χ1v) is 9.98. The molecule has 0 N–H and O–H groups in total. The van der Waals surface area contributed by atoms with Crippen molar-refractivity contribution in [2.24, 2.45) is 0 Å². The number of rotatable bonds is 3. The molecule has 2 aromatic rings. The van der Waals surface area contributed by atoms with Crippen LogP contribution in [0.4, 0.5) is 0 Å². The number of likely N-dealkylation sites (N-methyl/N-ethyl adjacent to an activating group) is 1. The third-order valence-electron chi connectivity index (χ3n) is 4.44. The van der Waals surface area contributed by atoms with E-state index < -0.39 is 0 Å². The molecule has 1 fully saturated rings. The number of piperidine rings is 1. The molecule has 2 nitrogen and oxygen atoms in total. The number of hydrogen-bond acceptors (Lipinski definition) is 2. The van der Waals surface area contributed by atoms with Crippen LogP contribution < -0.4 is 0 Å². The lowest BCUT2D eigenvalue weighted by molar-refractivity contribution is -0.113. The molecule has 6 heteroatoms. The van der Waals surface area contributed by atoms with E-state index in [1.54, 1.807) is 12.1 Å². The summed E-state index contributed by atoms with van der Waals surface area (Å²) in [6, 6.07) is 10.8. The quantitative estimate of drug-likeness (QED) is 0.496. The van der Waals surface area contributed by atoms with Gasteiger partial charge in [-0.3, -0.25) is 9.69 Å². The van der Waals surface area contributed by atoms with Crippen molar-refractivity contribution in [3.8, 4) is 0 Å². The first kappa shape index (κ1) is 20.4. The maximum absolute atomic E-state index is 13.1. The Morgan fingerprint density at radius 3 is 1.70 bits per heavy atom. The summed E-state index contributed by atoms with van der Waals surface area (Å²) >= 11 is 24.8. The van der Waals surface area contributed by atoms with Gasteiger partial charge in [0, 0.05) is 24.2 Å². The Morgan fingerprint density at radius 1 is 0.852 bits per heavy atom. The monoisotopic (exact) mass is 439 g/mol. The number of nitrogens with zero attached hydrogens (tertiary/aromatic N) is 1. The van der Waals surface area contributed by atoms with E-state index in [9.17, 15) is 4.79 Å². The summed E-state index contributed by atoms with van der Waals surface area (Å²) in [5.74, 6) is -0.0215. The summed E-state index contributed by atoms with van der Waals surface area (Å²) in [6.07, 6.45) is 3.62. The van der Waals surface area contributed by atoms with Crippen molar-refractivity contribution in [2.45, 2.75) is 6.92 Å². The van der Waals surface area contributed by atoms with E-state index in [4.69, 9.17) is 46.4 Å². The maximum Gasteiger partial charge on any atom is 0.187 e. The summed E-state index contributed by atoms with van der Waals surface area (Å²) in [6.45, 7) is 3.98. The van der Waals surface area contributed by atoms with Crippen molar-refractivity contribution in [2.75, 3.05) is 19.6 Å². The highest BCUT2D eigenvalue weighted by Crippen LogP contribution is 2.31. The van der Waals surface area contributed by atoms with Crippen LogP contribution in [0, 0.1) is 0 Å². The Morgan fingerprint density at radius 2 is 1.30 bits per heavy atom. The van der Waals surface area contributed by atoms with E-state index in [-0.39, 0.29) is 5.78 Å². The number of Topliss-reactive ketones (excluding diaryl/α,β-unsaturated/α-hetero) is 1. The first-order valence-electron chi connectivity index (χ1n) is 8.47. The highest BCUT2D eigenvalue weighted by atomic mass is 35.5. The van der Waals surface area contributed by atoms with Gasteiger partial charge in [-0.25, -0.2) is 0 Å². The lowest BCUT2D eigenvalue weighted by Crippen LogP contribution is -2.37. The van der Waals surface area contributed by atoms with Gasteiger partial charge >= 0.3 is 0 Å². The Labute approximate surface area is 179 Å². The topological polar surface area (TPSA) is 20.3 Å². The van der Waals surface area contributed by atoms with Crippen molar-refractivity contribution in [1.82, 2.24) is 4.90 Å². The molecule has 0 saturated carbocycles. The second-order valence-corrected chi connectivity index (χ2v) is 7.83. The molecule has 0 spiro atoms. The van der Waals surface area contributed by atoms with Crippen molar-refractivity contribution >= 4 is 64.3 Å². The van der Waals surface area contributed by atoms with Crippen LogP contribution >= 0.6 is 46.4 Å². The molecule has 0 aromatic heterocycles. The van der Waals surface area contributed by atoms with Crippen LogP contribution in [0.1, 0.15) is 18.1 Å². The molecule has 3 rings (SSSR count). The predicted molar refractivity (Wildman–Crippen MR) is 116 cm³/mol. The van der Waals surface area contributed by atoms with Crippen LogP contribution in [0.5, 0.6) is 0 Å². The van der Waals surface area contributed by atoms with Gasteiger partial charge in [-0.2, -0.15) is 0 Å². The van der Waals surface area contributed by atoms with E-state index in [1.807, 2.05) is 36.4 Å². The largest absolute Gasteiger partial charge is 0.295 e. The third kappa shape index (κ3) is 4.59. The van der Waals surface area contributed by atoms with Crippen molar-refractivity contribution in [1.29, 1.82) is 0 Å². The molecule has 0 atom stereocenters. The third-order valence-corrected chi connectivity index (χ3v) is 6.11. The molecular formula is C21H17Cl4NO. The lowest BCUT2D eigenvalue weighted by atomic mass is 9.94. The summed E-state index contributed by atoms with van der Waals surface area (Å²) in [5.41, 5.74) is 2.78. The standard InChI is InChI=1S/C21H17Cl4NO/c1-2-26-11-15(9-13-5-3-7-17(22)19(13)24)21(27)16(12-26)10-14-6-4-8-18(23)20(14)25/h3-10H,2,11-12H2,1H3. The van der Waals surface area contributed by atoms with E-state index >= 15 is 0 Å². The molecule has 2 aromatic carbocycles. The second-order valence-electron chi connectivity index (χ2n) is 6.26. The van der Waals surface area contributed by atoms with Crippen LogP contribution in [0.15, 0.2) is 47.5 Å². The number of carbonyl (C=O) groups is 1. The molecule has 0 bridgehead atoms. The van der Waals surface area contributed by atoms with Crippen LogP contribution in [0.3, 0.4) is 0 Å². The second kappa shape index (κ2) is 8.81. The normalized spacial score (nSPS) is 18.5. The Bertz CT molecular complexity index is 876. The average molecular weight is 441 g/mol. The summed E-state index contributed by atoms with van der Waals surface area (Å²) in [4.78, 5) is 15.2. The highest BCUT2D eigenvalue weighted by Gasteiger charge is 2.25. The average Bonchev–Trinajstić information content (AvgIpc) is 2.65. The molecule has 1 aliphatic rings. The van der Waals surface area contributed by atoms with Gasteiger partial charge in [0.05, 0.1) is 20.1 Å². The number of halogens is 4. The molecule has 1 aliphatic heterocycles. The number of benzene rings is 2. The smallest absolute Gasteiger partial charge is 0.187 e. The molecule has 1 saturated heterocycles. The van der Waals surface area contributed by atoms with E-state index in [0.717, 1.165) is 17.7 Å². The summed E-state index contributed by atoms with van der Waals surface area (Å²) < 4.78 is 0. The minimum absolute atomic E-state index is 0.0215. The minimum Gasteiger partial charge on any atom is -0.295 e. The van der Waals surface area contributed by atoms with Gasteiger partial charge in [0.2, 0.25) is 0 Å². The van der Waals surface area contributed by atoms with Gasteiger partial charge in [0.1, 0.15) is 0 Å². The SMILES string of the molecule is CCN1CC(=Cc2cccc(Cl)c2Cl)C(=O)C(=Cc2cccc(Cl)c2Cl)C1. The molecule has 0 amide bonds. The molecule has 27 heavy (non-hydrogen) atoms. The van der Waals surface area contributed by atoms with Crippen molar-refractivity contribution in [3.05, 3.63) is 78.8 Å². The van der Waals surface area contributed by atoms with Gasteiger partial charge in [-0.1, -0.05) is 77.6 Å². The lowest BCUT2D eigenvalue weighted by Gasteiger charge is -2.28. The molecule has 0 radical (unpaired) electrons. The molecule has 1 heterocycles. The van der Waals surface area contributed by atoms with Gasteiger partial charge in [0.15, 0.2) is 5.78 Å². The van der Waals surface area contributed by atoms with Gasteiger partial charge in [-0.15, -0.1) is 0 Å². The fourth-order valence-electron chi connectivity index (χ4n) is 2.97. The van der Waals surface area contributed by atoms with Crippen molar-refractivity contribution in [3.63, 3.8) is 0 Å². The number of hydrogen-bond donors (Lipinski definition) is 0. The fraction of sp³-hybridized carbons (Fsp3) is 0.190.